The summed E-state index contributed by atoms with van der Waals surface area (Å²) < 4.78 is 10.0. The molecule has 1 aromatic rings. The quantitative estimate of drug-likeness (QED) is 0.470. The standard InChI is InChI=1S/C11H10N4O2/c1-16-8-17-11-5-3-2-4-10(11)15-14-9(6-12)7-13/h2-5,15H,8H2,1H3. The summed E-state index contributed by atoms with van der Waals surface area (Å²) >= 11 is 0. The number of hydrogen-bond acceptors (Lipinski definition) is 6. The lowest BCUT2D eigenvalue weighted by Gasteiger charge is -2.09. The molecule has 17 heavy (non-hydrogen) atoms. The Bertz CT molecular complexity index is 469. The monoisotopic (exact) mass is 230 g/mol. The van der Waals surface area contributed by atoms with Crippen molar-refractivity contribution in [2.45, 2.75) is 0 Å². The Labute approximate surface area is 98.7 Å². The smallest absolute Gasteiger partial charge is 0.237 e. The van der Waals surface area contributed by atoms with Crippen molar-refractivity contribution in [2.75, 3.05) is 19.3 Å². The van der Waals surface area contributed by atoms with Gasteiger partial charge in [-0.05, 0) is 12.1 Å². The van der Waals surface area contributed by atoms with E-state index in [1.807, 2.05) is 0 Å². The largest absolute Gasteiger partial charge is 0.465 e. The molecule has 0 aromatic heterocycles. The van der Waals surface area contributed by atoms with Gasteiger partial charge in [-0.15, -0.1) is 0 Å². The first-order valence-electron chi connectivity index (χ1n) is 4.66. The number of hydrazone groups is 1. The fraction of sp³-hybridized carbons (Fsp3) is 0.182. The van der Waals surface area contributed by atoms with Gasteiger partial charge in [-0.1, -0.05) is 12.1 Å². The number of methoxy groups -OCH3 is 1. The van der Waals surface area contributed by atoms with Crippen molar-refractivity contribution in [1.29, 1.82) is 10.5 Å². The van der Waals surface area contributed by atoms with Crippen molar-refractivity contribution in [3.05, 3.63) is 24.3 Å². The third-order valence-electron chi connectivity index (χ3n) is 1.72. The summed E-state index contributed by atoms with van der Waals surface area (Å²) in [6.45, 7) is 0.103. The zero-order valence-corrected chi connectivity index (χ0v) is 9.17. The second kappa shape index (κ2) is 6.83. The number of nitrogens with zero attached hydrogens (tertiary/aromatic N) is 3. The average molecular weight is 230 g/mol. The van der Waals surface area contributed by atoms with Crippen LogP contribution in [-0.4, -0.2) is 19.6 Å². The van der Waals surface area contributed by atoms with E-state index in [-0.39, 0.29) is 12.5 Å². The molecule has 0 saturated carbocycles. The fourth-order valence-electron chi connectivity index (χ4n) is 0.998. The maximum atomic E-state index is 8.52. The Kier molecular flexibility index (Phi) is 5.02. The zero-order valence-electron chi connectivity index (χ0n) is 9.17. The van der Waals surface area contributed by atoms with E-state index in [2.05, 4.69) is 10.5 Å². The highest BCUT2D eigenvalue weighted by Gasteiger charge is 2.02. The third-order valence-corrected chi connectivity index (χ3v) is 1.72. The SMILES string of the molecule is COCOc1ccccc1NN=C(C#N)C#N. The Morgan fingerprint density at radius 2 is 2.06 bits per heavy atom. The molecule has 0 atom stereocenters. The van der Waals surface area contributed by atoms with Crippen LogP contribution in [0.5, 0.6) is 5.75 Å². The molecule has 0 spiro atoms. The van der Waals surface area contributed by atoms with Gasteiger partial charge in [-0.25, -0.2) is 0 Å². The molecule has 6 heteroatoms. The van der Waals surface area contributed by atoms with E-state index in [1.165, 1.54) is 7.11 Å². The predicted octanol–water partition coefficient (Wildman–Crippen LogP) is 1.48. The van der Waals surface area contributed by atoms with Crippen LogP contribution in [0.2, 0.25) is 0 Å². The first-order chi connectivity index (χ1) is 8.31. The maximum Gasteiger partial charge on any atom is 0.237 e. The molecule has 0 aliphatic carbocycles. The minimum Gasteiger partial charge on any atom is -0.465 e. The second-order valence-electron chi connectivity index (χ2n) is 2.84. The molecule has 86 valence electrons. The van der Waals surface area contributed by atoms with Gasteiger partial charge in [0, 0.05) is 7.11 Å². The van der Waals surface area contributed by atoms with E-state index in [1.54, 1.807) is 36.4 Å². The van der Waals surface area contributed by atoms with Crippen molar-refractivity contribution in [3.8, 4) is 17.9 Å². The van der Waals surface area contributed by atoms with Gasteiger partial charge in [-0.3, -0.25) is 5.43 Å². The lowest BCUT2D eigenvalue weighted by atomic mass is 10.3. The first kappa shape index (κ1) is 12.5. The minimum atomic E-state index is -0.258. The van der Waals surface area contributed by atoms with Gasteiger partial charge in [0.25, 0.3) is 0 Å². The molecule has 1 N–H and O–H groups in total. The van der Waals surface area contributed by atoms with Gasteiger partial charge < -0.3 is 9.47 Å². The molecule has 0 unspecified atom stereocenters. The number of anilines is 1. The highest BCUT2D eigenvalue weighted by atomic mass is 16.7. The fourth-order valence-corrected chi connectivity index (χ4v) is 0.998. The Morgan fingerprint density at radius 3 is 2.71 bits per heavy atom. The zero-order chi connectivity index (χ0) is 12.5. The molecule has 1 aromatic carbocycles. The molecule has 0 aliphatic heterocycles. The van der Waals surface area contributed by atoms with Crippen LogP contribution in [-0.2, 0) is 4.74 Å². The number of rotatable bonds is 5. The summed E-state index contributed by atoms with van der Waals surface area (Å²) in [4.78, 5) is 0. The normalized spacial score (nSPS) is 8.65. The summed E-state index contributed by atoms with van der Waals surface area (Å²) in [6.07, 6.45) is 0. The van der Waals surface area contributed by atoms with Crippen LogP contribution in [0.3, 0.4) is 0 Å². The molecule has 0 radical (unpaired) electrons. The summed E-state index contributed by atoms with van der Waals surface area (Å²) in [7, 11) is 1.51. The lowest BCUT2D eigenvalue weighted by Crippen LogP contribution is -2.02. The molecule has 0 amide bonds. The van der Waals surface area contributed by atoms with E-state index in [4.69, 9.17) is 20.0 Å². The van der Waals surface area contributed by atoms with Crippen molar-refractivity contribution in [1.82, 2.24) is 0 Å². The molecule has 0 heterocycles. The van der Waals surface area contributed by atoms with Crippen LogP contribution in [0, 0.1) is 22.7 Å². The molecule has 0 bridgehead atoms. The molecule has 0 saturated heterocycles. The van der Waals surface area contributed by atoms with Gasteiger partial charge in [-0.2, -0.15) is 15.6 Å². The van der Waals surface area contributed by atoms with Crippen LogP contribution >= 0.6 is 0 Å². The predicted molar refractivity (Wildman–Crippen MR) is 61.2 cm³/mol. The summed E-state index contributed by atoms with van der Waals surface area (Å²) in [5, 5.41) is 20.7. The highest BCUT2D eigenvalue weighted by Crippen LogP contribution is 2.23. The van der Waals surface area contributed by atoms with Gasteiger partial charge in [0.1, 0.15) is 17.9 Å². The van der Waals surface area contributed by atoms with Gasteiger partial charge >= 0.3 is 0 Å². The van der Waals surface area contributed by atoms with E-state index in [9.17, 15) is 0 Å². The number of ether oxygens (including phenoxy) is 2. The molecule has 6 nitrogen and oxygen atoms in total. The summed E-state index contributed by atoms with van der Waals surface area (Å²) in [6, 6.07) is 10.3. The highest BCUT2D eigenvalue weighted by molar-refractivity contribution is 6.10. The number of nitrogens with one attached hydrogen (secondary N) is 1. The summed E-state index contributed by atoms with van der Waals surface area (Å²) in [5.74, 6) is 0.522. The van der Waals surface area contributed by atoms with Gasteiger partial charge in [0.15, 0.2) is 6.79 Å². The van der Waals surface area contributed by atoms with E-state index in [0.717, 1.165) is 0 Å². The lowest BCUT2D eigenvalue weighted by molar-refractivity contribution is 0.0516. The average Bonchev–Trinajstić information content (AvgIpc) is 2.38. The van der Waals surface area contributed by atoms with E-state index in [0.29, 0.717) is 11.4 Å². The van der Waals surface area contributed by atoms with E-state index < -0.39 is 0 Å². The third kappa shape index (κ3) is 3.82. The van der Waals surface area contributed by atoms with Crippen molar-refractivity contribution in [2.24, 2.45) is 5.10 Å². The Balaban J connectivity index is 2.81. The first-order valence-corrected chi connectivity index (χ1v) is 4.66. The topological polar surface area (TPSA) is 90.4 Å². The van der Waals surface area contributed by atoms with Crippen LogP contribution < -0.4 is 10.2 Å². The number of benzene rings is 1. The van der Waals surface area contributed by atoms with Gasteiger partial charge in [0.2, 0.25) is 5.71 Å². The van der Waals surface area contributed by atoms with Crippen molar-refractivity contribution < 1.29 is 9.47 Å². The van der Waals surface area contributed by atoms with Crippen LogP contribution in [0.4, 0.5) is 5.69 Å². The van der Waals surface area contributed by atoms with Crippen LogP contribution in [0.15, 0.2) is 29.4 Å². The molecular formula is C11H10N4O2. The van der Waals surface area contributed by atoms with E-state index >= 15 is 0 Å². The minimum absolute atomic E-state index is 0.103. The Hall–Kier alpha value is -2.57. The molecule has 0 fully saturated rings. The van der Waals surface area contributed by atoms with Crippen LogP contribution in [0.25, 0.3) is 0 Å². The number of hydrogen-bond donors (Lipinski definition) is 1. The second-order valence-corrected chi connectivity index (χ2v) is 2.84. The van der Waals surface area contributed by atoms with Crippen LogP contribution in [0.1, 0.15) is 0 Å². The summed E-state index contributed by atoms with van der Waals surface area (Å²) in [5.41, 5.74) is 2.88. The maximum absolute atomic E-state index is 8.52. The molecular weight excluding hydrogens is 220 g/mol. The molecule has 1 rings (SSSR count). The molecule has 0 aliphatic rings. The number of nitriles is 2. The Morgan fingerprint density at radius 1 is 1.35 bits per heavy atom. The van der Waals surface area contributed by atoms with Crippen molar-refractivity contribution >= 4 is 11.4 Å². The van der Waals surface area contributed by atoms with Gasteiger partial charge in [0.05, 0.1) is 5.69 Å². The van der Waals surface area contributed by atoms with Crippen molar-refractivity contribution in [3.63, 3.8) is 0 Å². The number of para-hydroxylation sites is 2.